The molecule has 0 saturated carbocycles. The van der Waals surface area contributed by atoms with Crippen LogP contribution < -0.4 is 5.32 Å². The molecule has 2 aromatic heterocycles. The molecule has 0 unspecified atom stereocenters. The topological polar surface area (TPSA) is 84.3 Å². The fourth-order valence-corrected chi connectivity index (χ4v) is 3.21. The van der Waals surface area contributed by atoms with Crippen LogP contribution in [0.1, 0.15) is 21.7 Å². The third-order valence-corrected chi connectivity index (χ3v) is 4.38. The third kappa shape index (κ3) is 2.15. The first-order valence-electron chi connectivity index (χ1n) is 5.98. The Morgan fingerprint density at radius 2 is 2.42 bits per heavy atom. The summed E-state index contributed by atoms with van der Waals surface area (Å²) in [6, 6.07) is 0.227. The second-order valence-corrected chi connectivity index (χ2v) is 5.47. The Kier molecular flexibility index (Phi) is 3.08. The van der Waals surface area contributed by atoms with Gasteiger partial charge < -0.3 is 15.2 Å². The number of ether oxygens (including phenoxy) is 1. The van der Waals surface area contributed by atoms with E-state index in [-0.39, 0.29) is 6.04 Å². The van der Waals surface area contributed by atoms with E-state index >= 15 is 0 Å². The van der Waals surface area contributed by atoms with E-state index in [0.717, 1.165) is 24.0 Å². The SMILES string of the molecule is Cc1c(C(=O)O)sc2ncnc(N[C@H]3CCOC3)c12. The highest BCUT2D eigenvalue weighted by atomic mass is 32.1. The van der Waals surface area contributed by atoms with Gasteiger partial charge in [0.2, 0.25) is 0 Å². The number of thiophene rings is 1. The number of anilines is 1. The third-order valence-electron chi connectivity index (χ3n) is 3.19. The molecule has 0 aliphatic carbocycles. The van der Waals surface area contributed by atoms with Crippen molar-refractivity contribution in [1.29, 1.82) is 0 Å². The first-order valence-corrected chi connectivity index (χ1v) is 6.80. The molecule has 1 saturated heterocycles. The monoisotopic (exact) mass is 279 g/mol. The summed E-state index contributed by atoms with van der Waals surface area (Å²) in [4.78, 5) is 20.6. The quantitative estimate of drug-likeness (QED) is 0.892. The lowest BCUT2D eigenvalue weighted by Gasteiger charge is -2.12. The van der Waals surface area contributed by atoms with Crippen LogP contribution in [-0.4, -0.2) is 40.3 Å². The highest BCUT2D eigenvalue weighted by molar-refractivity contribution is 7.20. The molecular formula is C12H13N3O3S. The van der Waals surface area contributed by atoms with Gasteiger partial charge >= 0.3 is 5.97 Å². The summed E-state index contributed by atoms with van der Waals surface area (Å²) in [7, 11) is 0. The van der Waals surface area contributed by atoms with E-state index in [4.69, 9.17) is 9.84 Å². The summed E-state index contributed by atoms with van der Waals surface area (Å²) in [5.74, 6) is -0.225. The molecule has 0 amide bonds. The Hall–Kier alpha value is -1.73. The molecule has 1 atom stereocenters. The molecule has 3 rings (SSSR count). The Morgan fingerprint density at radius 1 is 1.58 bits per heavy atom. The molecular weight excluding hydrogens is 266 g/mol. The van der Waals surface area contributed by atoms with Crippen molar-refractivity contribution in [2.24, 2.45) is 0 Å². The van der Waals surface area contributed by atoms with Crippen LogP contribution in [0.3, 0.4) is 0 Å². The first kappa shape index (κ1) is 12.3. The highest BCUT2D eigenvalue weighted by Gasteiger charge is 2.21. The maximum Gasteiger partial charge on any atom is 0.346 e. The molecule has 2 aromatic rings. The number of aryl methyl sites for hydroxylation is 1. The Morgan fingerprint density at radius 3 is 3.11 bits per heavy atom. The molecule has 3 heterocycles. The van der Waals surface area contributed by atoms with E-state index in [9.17, 15) is 4.79 Å². The minimum atomic E-state index is -0.921. The summed E-state index contributed by atoms with van der Waals surface area (Å²) in [6.07, 6.45) is 2.39. The molecule has 19 heavy (non-hydrogen) atoms. The zero-order chi connectivity index (χ0) is 13.4. The van der Waals surface area contributed by atoms with Crippen LogP contribution in [0, 0.1) is 6.92 Å². The van der Waals surface area contributed by atoms with Gasteiger partial charge in [0.15, 0.2) is 0 Å². The first-order chi connectivity index (χ1) is 9.16. The van der Waals surface area contributed by atoms with Crippen LogP contribution in [-0.2, 0) is 4.74 Å². The standard InChI is InChI=1S/C12H13N3O3S/c1-6-8-10(15-7-2-3-18-4-7)13-5-14-11(8)19-9(6)12(16)17/h5,7H,2-4H2,1H3,(H,16,17)(H,13,14,15)/t7-/m0/s1. The van der Waals surface area contributed by atoms with Crippen LogP contribution in [0.25, 0.3) is 10.2 Å². The van der Waals surface area contributed by atoms with Crippen LogP contribution >= 0.6 is 11.3 Å². The molecule has 7 heteroatoms. The van der Waals surface area contributed by atoms with Crippen molar-refractivity contribution in [3.8, 4) is 0 Å². The molecule has 0 bridgehead atoms. The predicted octanol–water partition coefficient (Wildman–Crippen LogP) is 1.90. The fourth-order valence-electron chi connectivity index (χ4n) is 2.23. The van der Waals surface area contributed by atoms with Crippen molar-refractivity contribution in [3.05, 3.63) is 16.8 Å². The lowest BCUT2D eigenvalue weighted by atomic mass is 10.2. The van der Waals surface area contributed by atoms with Gasteiger partial charge in [-0.15, -0.1) is 11.3 Å². The minimum absolute atomic E-state index is 0.227. The maximum atomic E-state index is 11.2. The lowest BCUT2D eigenvalue weighted by molar-refractivity contribution is 0.0701. The van der Waals surface area contributed by atoms with Crippen molar-refractivity contribution < 1.29 is 14.6 Å². The summed E-state index contributed by atoms with van der Waals surface area (Å²) < 4.78 is 5.32. The van der Waals surface area contributed by atoms with Crippen LogP contribution in [0.4, 0.5) is 5.82 Å². The van der Waals surface area contributed by atoms with Crippen LogP contribution in [0.5, 0.6) is 0 Å². The average Bonchev–Trinajstić information content (AvgIpc) is 2.98. The Bertz CT molecular complexity index is 634. The van der Waals surface area contributed by atoms with Gasteiger partial charge in [0, 0.05) is 6.61 Å². The second-order valence-electron chi connectivity index (χ2n) is 4.47. The number of carboxylic acid groups (broad SMARTS) is 1. The molecule has 1 fully saturated rings. The van der Waals surface area contributed by atoms with Crippen LogP contribution in [0.15, 0.2) is 6.33 Å². The number of hydrogen-bond acceptors (Lipinski definition) is 6. The number of aromatic nitrogens is 2. The summed E-state index contributed by atoms with van der Waals surface area (Å²) in [5, 5.41) is 13.3. The van der Waals surface area contributed by atoms with Crippen molar-refractivity contribution in [3.63, 3.8) is 0 Å². The molecule has 0 spiro atoms. The molecule has 2 N–H and O–H groups in total. The number of nitrogens with zero attached hydrogens (tertiary/aromatic N) is 2. The zero-order valence-corrected chi connectivity index (χ0v) is 11.2. The van der Waals surface area contributed by atoms with Gasteiger partial charge in [0.25, 0.3) is 0 Å². The van der Waals surface area contributed by atoms with Gasteiger partial charge in [-0.05, 0) is 18.9 Å². The number of rotatable bonds is 3. The molecule has 100 valence electrons. The van der Waals surface area contributed by atoms with Crippen molar-refractivity contribution in [1.82, 2.24) is 9.97 Å². The highest BCUT2D eigenvalue weighted by Crippen LogP contribution is 2.33. The van der Waals surface area contributed by atoms with Gasteiger partial charge in [-0.1, -0.05) is 0 Å². The van der Waals surface area contributed by atoms with E-state index in [1.807, 2.05) is 0 Å². The van der Waals surface area contributed by atoms with Crippen molar-refractivity contribution in [2.75, 3.05) is 18.5 Å². The van der Waals surface area contributed by atoms with E-state index in [1.54, 1.807) is 6.92 Å². The van der Waals surface area contributed by atoms with Crippen molar-refractivity contribution >= 4 is 33.3 Å². The van der Waals surface area contributed by atoms with Gasteiger partial charge in [-0.3, -0.25) is 0 Å². The van der Waals surface area contributed by atoms with Gasteiger partial charge in [0.05, 0.1) is 18.0 Å². The number of hydrogen-bond donors (Lipinski definition) is 2. The predicted molar refractivity (Wildman–Crippen MR) is 72.0 cm³/mol. The lowest BCUT2D eigenvalue weighted by Crippen LogP contribution is -2.19. The molecule has 6 nitrogen and oxygen atoms in total. The number of aromatic carboxylic acids is 1. The van der Waals surface area contributed by atoms with E-state index in [0.29, 0.717) is 22.1 Å². The molecule has 1 aliphatic rings. The molecule has 1 aliphatic heterocycles. The largest absolute Gasteiger partial charge is 0.477 e. The molecule has 0 radical (unpaired) electrons. The van der Waals surface area contributed by atoms with Gasteiger partial charge in [0.1, 0.15) is 21.9 Å². The van der Waals surface area contributed by atoms with Gasteiger partial charge in [-0.2, -0.15) is 0 Å². The molecule has 0 aromatic carbocycles. The summed E-state index contributed by atoms with van der Waals surface area (Å²) in [5.41, 5.74) is 0.717. The van der Waals surface area contributed by atoms with Crippen molar-refractivity contribution in [2.45, 2.75) is 19.4 Å². The zero-order valence-electron chi connectivity index (χ0n) is 10.3. The van der Waals surface area contributed by atoms with E-state index in [1.165, 1.54) is 17.7 Å². The Labute approximate surface area is 113 Å². The van der Waals surface area contributed by atoms with E-state index < -0.39 is 5.97 Å². The average molecular weight is 279 g/mol. The maximum absolute atomic E-state index is 11.2. The summed E-state index contributed by atoms with van der Waals surface area (Å²) >= 11 is 1.18. The van der Waals surface area contributed by atoms with Crippen LogP contribution in [0.2, 0.25) is 0 Å². The normalized spacial score (nSPS) is 18.9. The Balaban J connectivity index is 2.06. The fraction of sp³-hybridized carbons (Fsp3) is 0.417. The minimum Gasteiger partial charge on any atom is -0.477 e. The summed E-state index contributed by atoms with van der Waals surface area (Å²) in [6.45, 7) is 3.19. The smallest absolute Gasteiger partial charge is 0.346 e. The number of carboxylic acids is 1. The van der Waals surface area contributed by atoms with E-state index in [2.05, 4.69) is 15.3 Å². The number of carbonyl (C=O) groups is 1. The number of nitrogens with one attached hydrogen (secondary N) is 1. The number of fused-ring (bicyclic) bond motifs is 1. The second kappa shape index (κ2) is 4.75. The van der Waals surface area contributed by atoms with Gasteiger partial charge in [-0.25, -0.2) is 14.8 Å².